The Labute approximate surface area is 195 Å². The van der Waals surface area contributed by atoms with E-state index in [1.54, 1.807) is 36.4 Å². The van der Waals surface area contributed by atoms with E-state index in [4.69, 9.17) is 9.47 Å². The normalized spacial score (nSPS) is 20.4. The van der Waals surface area contributed by atoms with Crippen LogP contribution in [0.3, 0.4) is 0 Å². The third-order valence-electron chi connectivity index (χ3n) is 5.35. The number of methoxy groups -OCH3 is 1. The van der Waals surface area contributed by atoms with Crippen molar-refractivity contribution in [2.24, 2.45) is 11.3 Å². The Morgan fingerprint density at radius 1 is 1.27 bits per heavy atom. The number of rotatable bonds is 10. The van der Waals surface area contributed by atoms with E-state index in [2.05, 4.69) is 6.58 Å². The molecule has 0 aromatic heterocycles. The largest absolute Gasteiger partial charge is 0.491 e. The van der Waals surface area contributed by atoms with Gasteiger partial charge >= 0.3 is 0 Å². The second-order valence-electron chi connectivity index (χ2n) is 9.24. The van der Waals surface area contributed by atoms with Crippen LogP contribution in [0.2, 0.25) is 0 Å². The predicted molar refractivity (Wildman–Crippen MR) is 125 cm³/mol. The Hall–Kier alpha value is -2.52. The molecule has 1 amide bonds. The number of nitrogens with zero attached hydrogens (tertiary/aromatic N) is 1. The number of carbonyl (C=O) groups excluding carboxylic acids is 2. The van der Waals surface area contributed by atoms with Crippen LogP contribution in [-0.4, -0.2) is 71.7 Å². The molecule has 0 bridgehead atoms. The van der Waals surface area contributed by atoms with Crippen molar-refractivity contribution in [3.63, 3.8) is 0 Å². The van der Waals surface area contributed by atoms with Gasteiger partial charge in [-0.1, -0.05) is 51.1 Å². The monoisotopic (exact) mass is 461 g/mol. The summed E-state index contributed by atoms with van der Waals surface area (Å²) in [6.45, 7) is 9.66. The highest BCUT2D eigenvalue weighted by atomic mass is 16.5. The van der Waals surface area contributed by atoms with Crippen LogP contribution in [0.1, 0.15) is 27.2 Å². The summed E-state index contributed by atoms with van der Waals surface area (Å²) in [7, 11) is 1.22. The zero-order valence-corrected chi connectivity index (χ0v) is 19.7. The van der Waals surface area contributed by atoms with E-state index < -0.39 is 36.1 Å². The molecule has 1 unspecified atom stereocenters. The van der Waals surface area contributed by atoms with E-state index in [0.717, 1.165) is 0 Å². The molecule has 0 spiro atoms. The number of ether oxygens (including phenoxy) is 2. The average Bonchev–Trinajstić information content (AvgIpc) is 2.89. The minimum Gasteiger partial charge on any atom is -0.491 e. The van der Waals surface area contributed by atoms with Gasteiger partial charge in [-0.3, -0.25) is 9.59 Å². The van der Waals surface area contributed by atoms with Crippen molar-refractivity contribution in [1.29, 1.82) is 0 Å². The number of aliphatic hydroxyl groups excluding tert-OH is 3. The van der Waals surface area contributed by atoms with Crippen molar-refractivity contribution in [3.05, 3.63) is 49.1 Å². The van der Waals surface area contributed by atoms with Gasteiger partial charge in [-0.15, -0.1) is 6.58 Å². The summed E-state index contributed by atoms with van der Waals surface area (Å²) in [6.07, 6.45) is -1.78. The van der Waals surface area contributed by atoms with Crippen LogP contribution in [0.5, 0.6) is 5.75 Å². The first kappa shape index (κ1) is 26.7. The van der Waals surface area contributed by atoms with Crippen LogP contribution in [0.25, 0.3) is 0 Å². The van der Waals surface area contributed by atoms with Crippen LogP contribution in [0, 0.1) is 11.3 Å². The van der Waals surface area contributed by atoms with Gasteiger partial charge in [-0.25, -0.2) is 0 Å². The van der Waals surface area contributed by atoms with Gasteiger partial charge in [0.1, 0.15) is 36.8 Å². The molecule has 33 heavy (non-hydrogen) atoms. The number of para-hydroxylation sites is 2. The number of aliphatic hydroxyl groups is 3. The highest BCUT2D eigenvalue weighted by Gasteiger charge is 2.39. The summed E-state index contributed by atoms with van der Waals surface area (Å²) >= 11 is 0. The molecule has 5 atom stereocenters. The molecule has 1 aliphatic rings. The number of fused-ring (bicyclic) bond motifs is 1. The van der Waals surface area contributed by atoms with Gasteiger partial charge in [0, 0.05) is 20.1 Å². The van der Waals surface area contributed by atoms with E-state index >= 15 is 0 Å². The summed E-state index contributed by atoms with van der Waals surface area (Å²) in [5, 5.41) is 31.1. The number of carbonyl (C=O) groups is 2. The molecule has 8 nitrogen and oxygen atoms in total. The molecule has 182 valence electrons. The quantitative estimate of drug-likeness (QED) is 0.456. The lowest BCUT2D eigenvalue weighted by Gasteiger charge is -2.28. The number of Topliss-reactive ketones (excluding diaryl/α,β-unsaturated/α-hetero) is 1. The number of amides is 1. The minimum absolute atomic E-state index is 0.0265. The molecule has 0 radical (unpaired) electrons. The zero-order valence-electron chi connectivity index (χ0n) is 19.7. The standard InChI is InChI=1S/C25H35NO7/c1-6-13-26-17-9-7-8-10-20(17)33-15-16(24(26)31)14-19(28)23(32-5)22(30)21(29)18(27)11-12-25(2,3)4/h6-12,16,18,21-23,27,29-30H,1,13-15H2,2-5H3/b12-11+/t16?,18-,21+,22-,23+/m1/s1. The number of allylic oxidation sites excluding steroid dienone is 1. The second-order valence-corrected chi connectivity index (χ2v) is 9.24. The Bertz CT molecular complexity index is 861. The maximum atomic E-state index is 13.2. The molecular weight excluding hydrogens is 426 g/mol. The maximum absolute atomic E-state index is 13.2. The molecule has 1 aromatic carbocycles. The first-order chi connectivity index (χ1) is 15.5. The highest BCUT2D eigenvalue weighted by molar-refractivity contribution is 6.00. The van der Waals surface area contributed by atoms with Crippen molar-refractivity contribution in [1.82, 2.24) is 0 Å². The van der Waals surface area contributed by atoms with Gasteiger partial charge in [0.05, 0.1) is 11.6 Å². The van der Waals surface area contributed by atoms with E-state index in [1.807, 2.05) is 20.8 Å². The molecule has 2 rings (SSSR count). The third kappa shape index (κ3) is 6.98. The van der Waals surface area contributed by atoms with Gasteiger partial charge in [0.2, 0.25) is 5.91 Å². The lowest BCUT2D eigenvalue weighted by Crippen LogP contribution is -2.49. The number of benzene rings is 1. The fraction of sp³-hybridized carbons (Fsp3) is 0.520. The number of hydrogen-bond donors (Lipinski definition) is 3. The van der Waals surface area contributed by atoms with Gasteiger partial charge in [0.15, 0.2) is 5.78 Å². The van der Waals surface area contributed by atoms with Crippen molar-refractivity contribution < 1.29 is 34.4 Å². The average molecular weight is 462 g/mol. The van der Waals surface area contributed by atoms with Crippen molar-refractivity contribution >= 4 is 17.4 Å². The Morgan fingerprint density at radius 2 is 1.94 bits per heavy atom. The van der Waals surface area contributed by atoms with Crippen molar-refractivity contribution in [2.45, 2.75) is 51.6 Å². The molecule has 0 aliphatic carbocycles. The van der Waals surface area contributed by atoms with Crippen molar-refractivity contribution in [2.75, 3.05) is 25.2 Å². The first-order valence-corrected chi connectivity index (χ1v) is 10.9. The van der Waals surface area contributed by atoms with E-state index in [0.29, 0.717) is 11.4 Å². The lowest BCUT2D eigenvalue weighted by atomic mass is 9.91. The van der Waals surface area contributed by atoms with Gasteiger partial charge < -0.3 is 29.7 Å². The Morgan fingerprint density at radius 3 is 2.55 bits per heavy atom. The Kier molecular flexibility index (Phi) is 9.36. The summed E-state index contributed by atoms with van der Waals surface area (Å²) in [4.78, 5) is 27.7. The summed E-state index contributed by atoms with van der Waals surface area (Å²) in [5.41, 5.74) is 0.349. The topological polar surface area (TPSA) is 117 Å². The Balaban J connectivity index is 2.15. The third-order valence-corrected chi connectivity index (χ3v) is 5.35. The molecule has 0 fully saturated rings. The summed E-state index contributed by atoms with van der Waals surface area (Å²) in [6, 6.07) is 7.08. The number of hydrogen-bond acceptors (Lipinski definition) is 7. The first-order valence-electron chi connectivity index (χ1n) is 10.9. The lowest BCUT2D eigenvalue weighted by molar-refractivity contribution is -0.149. The molecule has 0 saturated carbocycles. The van der Waals surface area contributed by atoms with Crippen molar-refractivity contribution in [3.8, 4) is 5.75 Å². The van der Waals surface area contributed by atoms with Gasteiger partial charge in [-0.2, -0.15) is 0 Å². The van der Waals surface area contributed by atoms with E-state index in [-0.39, 0.29) is 30.9 Å². The minimum atomic E-state index is -1.69. The number of anilines is 1. The zero-order chi connectivity index (χ0) is 24.8. The maximum Gasteiger partial charge on any atom is 0.234 e. The molecule has 0 saturated heterocycles. The molecule has 1 aliphatic heterocycles. The van der Waals surface area contributed by atoms with Crippen LogP contribution in [0.15, 0.2) is 49.1 Å². The van der Waals surface area contributed by atoms with E-state index in [9.17, 15) is 24.9 Å². The SMILES string of the molecule is C=CCN1C(=O)C(CC(=O)[C@H](OC)[C@H](O)[C@@H](O)[C@H](O)/C=C/C(C)(C)C)COc2ccccc21. The number of ketones is 1. The fourth-order valence-corrected chi connectivity index (χ4v) is 3.57. The van der Waals surface area contributed by atoms with Crippen LogP contribution in [0.4, 0.5) is 5.69 Å². The molecule has 3 N–H and O–H groups in total. The second kappa shape index (κ2) is 11.6. The van der Waals surface area contributed by atoms with Crippen LogP contribution < -0.4 is 9.64 Å². The van der Waals surface area contributed by atoms with Crippen LogP contribution in [-0.2, 0) is 14.3 Å². The molecule has 8 heteroatoms. The fourth-order valence-electron chi connectivity index (χ4n) is 3.57. The van der Waals surface area contributed by atoms with E-state index in [1.165, 1.54) is 18.1 Å². The van der Waals surface area contributed by atoms with Crippen LogP contribution >= 0.6 is 0 Å². The molecule has 1 heterocycles. The van der Waals surface area contributed by atoms with Gasteiger partial charge in [-0.05, 0) is 17.5 Å². The highest BCUT2D eigenvalue weighted by Crippen LogP contribution is 2.33. The smallest absolute Gasteiger partial charge is 0.234 e. The summed E-state index contributed by atoms with van der Waals surface area (Å²) in [5.74, 6) is -1.19. The molecule has 1 aromatic rings. The van der Waals surface area contributed by atoms with Gasteiger partial charge in [0.25, 0.3) is 0 Å². The predicted octanol–water partition coefficient (Wildman–Crippen LogP) is 1.87. The molecular formula is C25H35NO7. The summed E-state index contributed by atoms with van der Waals surface area (Å²) < 4.78 is 10.9.